The molecule has 3 aromatic rings. The Balaban J connectivity index is 2.18. The molecule has 2 aromatic carbocycles. The summed E-state index contributed by atoms with van der Waals surface area (Å²) in [6.45, 7) is 11.2. The first-order chi connectivity index (χ1) is 13.5. The summed E-state index contributed by atoms with van der Waals surface area (Å²) in [7, 11) is 1.65. The molecule has 1 atom stereocenters. The zero-order chi connectivity index (χ0) is 20.3. The van der Waals surface area contributed by atoms with Crippen molar-refractivity contribution in [3.8, 4) is 16.2 Å². The molecule has 4 heteroatoms. The van der Waals surface area contributed by atoms with E-state index in [0.29, 0.717) is 5.92 Å². The maximum Gasteiger partial charge on any atom is 0.188 e. The van der Waals surface area contributed by atoms with Gasteiger partial charge in [0.1, 0.15) is 5.75 Å². The van der Waals surface area contributed by atoms with E-state index in [1.165, 1.54) is 20.5 Å². The number of hydrogen-bond donors (Lipinski definition) is 0. The van der Waals surface area contributed by atoms with Crippen molar-refractivity contribution in [1.82, 2.24) is 0 Å². The summed E-state index contributed by atoms with van der Waals surface area (Å²) in [5.74, 6) is 1.44. The van der Waals surface area contributed by atoms with Crippen LogP contribution in [-0.4, -0.2) is 13.9 Å². The van der Waals surface area contributed by atoms with E-state index in [4.69, 9.17) is 9.47 Å². The molecule has 1 unspecified atom stereocenters. The maximum atomic E-state index is 6.12. The second-order valence-corrected chi connectivity index (χ2v) is 9.15. The van der Waals surface area contributed by atoms with Gasteiger partial charge in [-0.15, -0.1) is 11.3 Å². The minimum absolute atomic E-state index is 0.211. The SMILES string of the molecule is C=C(CC(C)CC)c1cc(C)cc(-c2sc3ccccc3c2Br)c1OCOC. The van der Waals surface area contributed by atoms with Crippen LogP contribution in [0.15, 0.2) is 47.4 Å². The number of allylic oxidation sites excluding steroid dienone is 1. The molecule has 2 nitrogen and oxygen atoms in total. The number of ether oxygens (including phenoxy) is 2. The third-order valence-corrected chi connectivity index (χ3v) is 7.30. The summed E-state index contributed by atoms with van der Waals surface area (Å²) < 4.78 is 13.7. The van der Waals surface area contributed by atoms with Gasteiger partial charge in [0.2, 0.25) is 0 Å². The quantitative estimate of drug-likeness (QED) is 0.317. The van der Waals surface area contributed by atoms with E-state index in [1.54, 1.807) is 18.4 Å². The molecule has 28 heavy (non-hydrogen) atoms. The third kappa shape index (κ3) is 4.35. The van der Waals surface area contributed by atoms with E-state index in [2.05, 4.69) is 79.7 Å². The first-order valence-corrected chi connectivity index (χ1v) is 11.2. The molecule has 0 amide bonds. The van der Waals surface area contributed by atoms with Crippen molar-refractivity contribution >= 4 is 42.9 Å². The van der Waals surface area contributed by atoms with E-state index in [9.17, 15) is 0 Å². The van der Waals surface area contributed by atoms with Crippen molar-refractivity contribution < 1.29 is 9.47 Å². The first kappa shape index (κ1) is 21.1. The van der Waals surface area contributed by atoms with E-state index in [0.717, 1.165) is 39.8 Å². The van der Waals surface area contributed by atoms with Gasteiger partial charge >= 0.3 is 0 Å². The second-order valence-electron chi connectivity index (χ2n) is 7.30. The Morgan fingerprint density at radius 3 is 2.68 bits per heavy atom. The lowest BCUT2D eigenvalue weighted by Crippen LogP contribution is -2.04. The van der Waals surface area contributed by atoms with Crippen molar-refractivity contribution in [2.45, 2.75) is 33.6 Å². The average Bonchev–Trinajstić information content (AvgIpc) is 3.03. The molecule has 0 spiro atoms. The third-order valence-electron chi connectivity index (χ3n) is 5.01. The molecule has 3 rings (SSSR count). The summed E-state index contributed by atoms with van der Waals surface area (Å²) in [6, 6.07) is 12.8. The zero-order valence-electron chi connectivity index (χ0n) is 17.0. The predicted molar refractivity (Wildman–Crippen MR) is 125 cm³/mol. The summed E-state index contributed by atoms with van der Waals surface area (Å²) in [5.41, 5.74) is 4.48. The highest BCUT2D eigenvalue weighted by molar-refractivity contribution is 9.10. The summed E-state index contributed by atoms with van der Waals surface area (Å²) in [4.78, 5) is 1.17. The van der Waals surface area contributed by atoms with E-state index >= 15 is 0 Å². The number of fused-ring (bicyclic) bond motifs is 1. The monoisotopic (exact) mass is 458 g/mol. The molecule has 0 aliphatic rings. The summed E-state index contributed by atoms with van der Waals surface area (Å²) in [6.07, 6.45) is 2.09. The molecular weight excluding hydrogens is 432 g/mol. The molecule has 0 aliphatic heterocycles. The van der Waals surface area contributed by atoms with Gasteiger partial charge in [-0.05, 0) is 64.5 Å². The Kier molecular flexibility index (Phi) is 6.97. The number of benzene rings is 2. The molecular formula is C24H27BrO2S. The van der Waals surface area contributed by atoms with Gasteiger partial charge in [-0.3, -0.25) is 0 Å². The van der Waals surface area contributed by atoms with Crippen LogP contribution in [0.25, 0.3) is 26.1 Å². The summed E-state index contributed by atoms with van der Waals surface area (Å²) >= 11 is 5.60. The standard InChI is InChI=1S/C24H27BrO2S/c1-6-15(2)11-17(4)19-12-16(3)13-20(23(19)27-14-26-5)24-22(25)18-9-7-8-10-21(18)28-24/h7-10,12-13,15H,4,6,11,14H2,1-3,5H3. The van der Waals surface area contributed by atoms with Crippen LogP contribution < -0.4 is 4.74 Å². The molecule has 0 N–H and O–H groups in total. The van der Waals surface area contributed by atoms with Crippen molar-refractivity contribution in [1.29, 1.82) is 0 Å². The Morgan fingerprint density at radius 1 is 1.25 bits per heavy atom. The number of thiophene rings is 1. The number of hydrogen-bond acceptors (Lipinski definition) is 3. The van der Waals surface area contributed by atoms with E-state index < -0.39 is 0 Å². The van der Waals surface area contributed by atoms with Gasteiger partial charge in [-0.1, -0.05) is 45.0 Å². The van der Waals surface area contributed by atoms with Crippen molar-refractivity contribution in [3.05, 3.63) is 58.6 Å². The second kappa shape index (κ2) is 9.25. The molecule has 0 radical (unpaired) electrons. The Bertz CT molecular complexity index is 990. The van der Waals surface area contributed by atoms with Gasteiger partial charge in [-0.2, -0.15) is 0 Å². The minimum atomic E-state index is 0.211. The Labute approximate surface area is 180 Å². The maximum absolute atomic E-state index is 6.12. The largest absolute Gasteiger partial charge is 0.466 e. The van der Waals surface area contributed by atoms with E-state index in [1.807, 2.05) is 0 Å². The fraction of sp³-hybridized carbons (Fsp3) is 0.333. The van der Waals surface area contributed by atoms with Gasteiger partial charge < -0.3 is 9.47 Å². The lowest BCUT2D eigenvalue weighted by atomic mass is 9.91. The van der Waals surface area contributed by atoms with Crippen molar-refractivity contribution in [3.63, 3.8) is 0 Å². The van der Waals surface area contributed by atoms with Gasteiger partial charge in [0.25, 0.3) is 0 Å². The van der Waals surface area contributed by atoms with Crippen molar-refractivity contribution in [2.24, 2.45) is 5.92 Å². The van der Waals surface area contributed by atoms with Crippen LogP contribution in [0.4, 0.5) is 0 Å². The van der Waals surface area contributed by atoms with Gasteiger partial charge in [0.15, 0.2) is 6.79 Å². The van der Waals surface area contributed by atoms with Gasteiger partial charge in [0.05, 0.1) is 4.88 Å². The predicted octanol–water partition coefficient (Wildman–Crippen LogP) is 8.07. The normalized spacial score (nSPS) is 12.3. The highest BCUT2D eigenvalue weighted by Crippen LogP contribution is 2.48. The number of halogens is 1. The van der Waals surface area contributed by atoms with E-state index in [-0.39, 0.29) is 6.79 Å². The fourth-order valence-electron chi connectivity index (χ4n) is 3.34. The molecule has 0 aliphatic carbocycles. The molecule has 0 fully saturated rings. The summed E-state index contributed by atoms with van der Waals surface area (Å²) in [5, 5.41) is 1.22. The number of rotatable bonds is 8. The van der Waals surface area contributed by atoms with Crippen molar-refractivity contribution in [2.75, 3.05) is 13.9 Å². The number of aryl methyl sites for hydroxylation is 1. The highest BCUT2D eigenvalue weighted by atomic mass is 79.9. The Morgan fingerprint density at radius 2 is 2.00 bits per heavy atom. The minimum Gasteiger partial charge on any atom is -0.466 e. The van der Waals surface area contributed by atoms with Crippen LogP contribution in [0.5, 0.6) is 5.75 Å². The number of methoxy groups -OCH3 is 1. The molecule has 0 saturated heterocycles. The van der Waals surface area contributed by atoms with Gasteiger partial charge in [-0.25, -0.2) is 0 Å². The molecule has 1 aromatic heterocycles. The first-order valence-electron chi connectivity index (χ1n) is 9.58. The molecule has 148 valence electrons. The van der Waals surface area contributed by atoms with Crippen LogP contribution in [0.2, 0.25) is 0 Å². The average molecular weight is 459 g/mol. The van der Waals surface area contributed by atoms with Crippen LogP contribution in [-0.2, 0) is 4.74 Å². The fourth-order valence-corrected chi connectivity index (χ4v) is 5.38. The highest BCUT2D eigenvalue weighted by Gasteiger charge is 2.21. The van der Waals surface area contributed by atoms with Crippen LogP contribution in [0, 0.1) is 12.8 Å². The van der Waals surface area contributed by atoms with Crippen LogP contribution >= 0.6 is 27.3 Å². The molecule has 0 saturated carbocycles. The smallest absolute Gasteiger partial charge is 0.188 e. The lowest BCUT2D eigenvalue weighted by Gasteiger charge is -2.19. The molecule has 1 heterocycles. The van der Waals surface area contributed by atoms with Crippen LogP contribution in [0.3, 0.4) is 0 Å². The lowest BCUT2D eigenvalue weighted by molar-refractivity contribution is 0.0513. The van der Waals surface area contributed by atoms with Gasteiger partial charge in [0, 0.05) is 32.8 Å². The Hall–Kier alpha value is -1.62. The zero-order valence-corrected chi connectivity index (χ0v) is 19.4. The topological polar surface area (TPSA) is 18.5 Å². The molecule has 0 bridgehead atoms. The van der Waals surface area contributed by atoms with Crippen LogP contribution in [0.1, 0.15) is 37.8 Å².